The Bertz CT molecular complexity index is 1690. The molecular formula is C28H20N6S2. The highest BCUT2D eigenvalue weighted by Crippen LogP contribution is 2.37. The molecule has 7 rings (SSSR count). The summed E-state index contributed by atoms with van der Waals surface area (Å²) in [7, 11) is 0. The highest BCUT2D eigenvalue weighted by molar-refractivity contribution is 7.13. The Morgan fingerprint density at radius 1 is 0.556 bits per heavy atom. The first kappa shape index (κ1) is 20.9. The Hall–Kier alpha value is -4.40. The van der Waals surface area contributed by atoms with Gasteiger partial charge in [-0.3, -0.25) is 9.13 Å². The van der Waals surface area contributed by atoms with Crippen LogP contribution < -0.4 is 11.5 Å². The molecule has 0 aliphatic rings. The number of hydrogen-bond acceptors (Lipinski definition) is 6. The van der Waals surface area contributed by atoms with Crippen LogP contribution in [0, 0.1) is 0 Å². The molecule has 3 aromatic carbocycles. The average Bonchev–Trinajstić information content (AvgIpc) is 3.69. The highest BCUT2D eigenvalue weighted by atomic mass is 32.1. The molecule has 0 fully saturated rings. The van der Waals surface area contributed by atoms with Crippen LogP contribution in [0.3, 0.4) is 0 Å². The fourth-order valence-electron chi connectivity index (χ4n) is 4.56. The minimum absolute atomic E-state index is 0.728. The summed E-state index contributed by atoms with van der Waals surface area (Å²) >= 11 is 3.34. The van der Waals surface area contributed by atoms with Gasteiger partial charge in [-0.2, -0.15) is 0 Å². The summed E-state index contributed by atoms with van der Waals surface area (Å²) in [6.07, 6.45) is 0. The number of hydrogen-bond donors (Lipinski definition) is 2. The van der Waals surface area contributed by atoms with Gasteiger partial charge < -0.3 is 11.5 Å². The fourth-order valence-corrected chi connectivity index (χ4v) is 5.97. The summed E-state index contributed by atoms with van der Waals surface area (Å²) in [6.45, 7) is 0. The zero-order chi connectivity index (χ0) is 24.2. The van der Waals surface area contributed by atoms with E-state index in [4.69, 9.17) is 21.4 Å². The lowest BCUT2D eigenvalue weighted by Gasteiger charge is -2.10. The summed E-state index contributed by atoms with van der Waals surface area (Å²) in [5.74, 6) is 1.80. The van der Waals surface area contributed by atoms with Crippen molar-refractivity contribution < 1.29 is 0 Å². The third kappa shape index (κ3) is 3.30. The van der Waals surface area contributed by atoms with Crippen LogP contribution in [-0.2, 0) is 0 Å². The second-order valence-corrected chi connectivity index (χ2v) is 10.4. The van der Waals surface area contributed by atoms with Crippen molar-refractivity contribution in [1.29, 1.82) is 0 Å². The second-order valence-electron chi connectivity index (χ2n) is 8.51. The Kier molecular flexibility index (Phi) is 4.70. The van der Waals surface area contributed by atoms with Crippen LogP contribution in [0.5, 0.6) is 0 Å². The Balaban J connectivity index is 1.55. The molecule has 0 radical (unpaired) electrons. The normalized spacial score (nSPS) is 11.6. The molecule has 0 atom stereocenters. The number of nitrogens with two attached hydrogens (primary N) is 2. The average molecular weight is 505 g/mol. The van der Waals surface area contributed by atoms with E-state index in [1.165, 1.54) is 0 Å². The van der Waals surface area contributed by atoms with E-state index in [0.717, 1.165) is 66.2 Å². The van der Waals surface area contributed by atoms with Gasteiger partial charge in [-0.05, 0) is 83.6 Å². The molecule has 4 aromatic heterocycles. The van der Waals surface area contributed by atoms with Crippen molar-refractivity contribution in [3.8, 4) is 32.8 Å². The lowest BCUT2D eigenvalue weighted by molar-refractivity contribution is 1.11. The minimum atomic E-state index is 0.728. The third-order valence-corrected chi connectivity index (χ3v) is 7.95. The van der Waals surface area contributed by atoms with E-state index < -0.39 is 0 Å². The van der Waals surface area contributed by atoms with Gasteiger partial charge in [0.25, 0.3) is 0 Å². The Labute approximate surface area is 214 Å². The molecule has 0 aliphatic carbocycles. The lowest BCUT2D eigenvalue weighted by Crippen LogP contribution is -1.98. The molecule has 0 saturated carbocycles. The molecule has 0 amide bonds. The zero-order valence-corrected chi connectivity index (χ0v) is 20.6. The number of aromatic nitrogens is 4. The van der Waals surface area contributed by atoms with Gasteiger partial charge in [0.2, 0.25) is 0 Å². The van der Waals surface area contributed by atoms with Crippen molar-refractivity contribution in [3.63, 3.8) is 0 Å². The molecule has 0 saturated heterocycles. The molecule has 4 heterocycles. The smallest absolute Gasteiger partial charge is 0.155 e. The number of benzene rings is 3. The van der Waals surface area contributed by atoms with E-state index in [-0.39, 0.29) is 0 Å². The second kappa shape index (κ2) is 8.08. The number of imidazole rings is 2. The number of anilines is 2. The predicted octanol–water partition coefficient (Wildman–Crippen LogP) is 6.99. The fraction of sp³-hybridized carbons (Fsp3) is 0. The van der Waals surface area contributed by atoms with Gasteiger partial charge >= 0.3 is 0 Å². The molecule has 7 aromatic rings. The van der Waals surface area contributed by atoms with Crippen LogP contribution in [-0.4, -0.2) is 19.1 Å². The monoisotopic (exact) mass is 504 g/mol. The van der Waals surface area contributed by atoms with Gasteiger partial charge in [0.15, 0.2) is 11.6 Å². The van der Waals surface area contributed by atoms with Crippen molar-refractivity contribution in [3.05, 3.63) is 95.7 Å². The highest BCUT2D eigenvalue weighted by Gasteiger charge is 2.20. The first-order valence-corrected chi connectivity index (χ1v) is 13.2. The number of nitrogens with zero attached hydrogens (tertiary/aromatic N) is 4. The Morgan fingerprint density at radius 2 is 0.972 bits per heavy atom. The first-order valence-electron chi connectivity index (χ1n) is 11.4. The van der Waals surface area contributed by atoms with Crippen molar-refractivity contribution >= 4 is 56.1 Å². The molecule has 0 aliphatic heterocycles. The summed E-state index contributed by atoms with van der Waals surface area (Å²) in [4.78, 5) is 12.4. The van der Waals surface area contributed by atoms with E-state index in [1.54, 1.807) is 22.7 Å². The van der Waals surface area contributed by atoms with Gasteiger partial charge in [0, 0.05) is 22.7 Å². The topological polar surface area (TPSA) is 87.7 Å². The largest absolute Gasteiger partial charge is 0.399 e. The van der Waals surface area contributed by atoms with Gasteiger partial charge in [0.05, 0.1) is 31.8 Å². The molecule has 4 N–H and O–H groups in total. The number of thiophene rings is 2. The van der Waals surface area contributed by atoms with Crippen molar-refractivity contribution in [1.82, 2.24) is 19.1 Å². The quantitative estimate of drug-likeness (QED) is 0.253. The zero-order valence-electron chi connectivity index (χ0n) is 19.0. The SMILES string of the molecule is Nc1ccc(-n2c(-c3cccs3)nc3cc4c(cc32)nc(-c2cccs2)n4-c2ccc(N)cc2)cc1. The van der Waals surface area contributed by atoms with Crippen LogP contribution in [0.1, 0.15) is 0 Å². The van der Waals surface area contributed by atoms with Crippen LogP contribution in [0.2, 0.25) is 0 Å². The van der Waals surface area contributed by atoms with E-state index in [2.05, 4.69) is 44.2 Å². The minimum Gasteiger partial charge on any atom is -0.399 e. The molecule has 174 valence electrons. The van der Waals surface area contributed by atoms with Crippen LogP contribution in [0.25, 0.3) is 54.8 Å². The summed E-state index contributed by atoms with van der Waals surface area (Å²) in [5, 5.41) is 4.14. The molecule has 0 bridgehead atoms. The maximum atomic E-state index is 5.99. The predicted molar refractivity (Wildman–Crippen MR) is 151 cm³/mol. The first-order chi connectivity index (χ1) is 17.7. The van der Waals surface area contributed by atoms with Crippen LogP contribution in [0.15, 0.2) is 95.7 Å². The molecule has 36 heavy (non-hydrogen) atoms. The summed E-state index contributed by atoms with van der Waals surface area (Å²) in [5.41, 5.74) is 19.2. The van der Waals surface area contributed by atoms with Gasteiger partial charge in [-0.1, -0.05) is 12.1 Å². The van der Waals surface area contributed by atoms with E-state index in [0.29, 0.717) is 0 Å². The molecular weight excluding hydrogens is 484 g/mol. The maximum Gasteiger partial charge on any atom is 0.155 e. The third-order valence-electron chi connectivity index (χ3n) is 6.22. The van der Waals surface area contributed by atoms with Gasteiger partial charge in [-0.25, -0.2) is 9.97 Å². The summed E-state index contributed by atoms with van der Waals surface area (Å²) < 4.78 is 4.38. The van der Waals surface area contributed by atoms with E-state index in [9.17, 15) is 0 Å². The number of rotatable bonds is 4. The van der Waals surface area contributed by atoms with Gasteiger partial charge in [0.1, 0.15) is 0 Å². The molecule has 0 spiro atoms. The van der Waals surface area contributed by atoms with E-state index in [1.807, 2.05) is 60.7 Å². The van der Waals surface area contributed by atoms with Crippen molar-refractivity contribution in [2.45, 2.75) is 0 Å². The van der Waals surface area contributed by atoms with Crippen molar-refractivity contribution in [2.75, 3.05) is 11.5 Å². The van der Waals surface area contributed by atoms with E-state index >= 15 is 0 Å². The lowest BCUT2D eigenvalue weighted by atomic mass is 10.2. The van der Waals surface area contributed by atoms with Crippen LogP contribution in [0.4, 0.5) is 11.4 Å². The van der Waals surface area contributed by atoms with Gasteiger partial charge in [-0.15, -0.1) is 22.7 Å². The molecule has 6 nitrogen and oxygen atoms in total. The number of nitrogen functional groups attached to an aromatic ring is 2. The van der Waals surface area contributed by atoms with Crippen molar-refractivity contribution in [2.24, 2.45) is 0 Å². The standard InChI is InChI=1S/C28H20N6S2/c29-17-5-9-19(10-6-17)33-23-16-22-24(15-21(23)31-27(33)25-3-1-13-35-25)34(20-11-7-18(30)8-12-20)28(32-22)26-4-2-14-36-26/h1-16H,29-30H2. The molecule has 0 unspecified atom stereocenters. The van der Waals surface area contributed by atoms with Crippen LogP contribution >= 0.6 is 22.7 Å². The Morgan fingerprint density at radius 3 is 1.33 bits per heavy atom. The molecule has 8 heteroatoms. The summed E-state index contributed by atoms with van der Waals surface area (Å²) in [6, 6.07) is 28.4. The number of fused-ring (bicyclic) bond motifs is 2. The maximum absolute atomic E-state index is 5.99.